The van der Waals surface area contributed by atoms with Gasteiger partial charge in [0.25, 0.3) is 0 Å². The van der Waals surface area contributed by atoms with Gasteiger partial charge in [0.1, 0.15) is 4.99 Å². The topological polar surface area (TPSA) is 55.1 Å². The van der Waals surface area contributed by atoms with E-state index in [-0.39, 0.29) is 5.91 Å². The van der Waals surface area contributed by atoms with Gasteiger partial charge in [0.15, 0.2) is 0 Å². The lowest BCUT2D eigenvalue weighted by Crippen LogP contribution is -2.31. The fraction of sp³-hybridized carbons (Fsp3) is 0.500. The molecule has 1 aliphatic carbocycles. The molecule has 1 saturated carbocycles. The van der Waals surface area contributed by atoms with Gasteiger partial charge in [0.2, 0.25) is 5.91 Å². The number of benzene rings is 1. The van der Waals surface area contributed by atoms with E-state index in [9.17, 15) is 4.79 Å². The monoisotopic (exact) mass is 290 g/mol. The first-order valence-corrected chi connectivity index (χ1v) is 7.62. The predicted molar refractivity (Wildman–Crippen MR) is 85.5 cm³/mol. The lowest BCUT2D eigenvalue weighted by Gasteiger charge is -2.15. The van der Waals surface area contributed by atoms with E-state index in [4.69, 9.17) is 18.0 Å². The number of nitrogens with one attached hydrogen (secondary N) is 1. The minimum Gasteiger partial charge on any atom is -0.389 e. The van der Waals surface area contributed by atoms with Crippen molar-refractivity contribution < 1.29 is 4.79 Å². The van der Waals surface area contributed by atoms with Crippen LogP contribution in [0.5, 0.6) is 0 Å². The van der Waals surface area contributed by atoms with E-state index in [1.807, 2.05) is 24.3 Å². The van der Waals surface area contributed by atoms with Crippen molar-refractivity contribution in [1.82, 2.24) is 5.32 Å². The lowest BCUT2D eigenvalue weighted by atomic mass is 9.98. The lowest BCUT2D eigenvalue weighted by molar-refractivity contribution is -0.120. The van der Waals surface area contributed by atoms with E-state index >= 15 is 0 Å². The maximum Gasteiger partial charge on any atom is 0.224 e. The highest BCUT2D eigenvalue weighted by atomic mass is 32.1. The largest absolute Gasteiger partial charge is 0.389 e. The highest BCUT2D eigenvalue weighted by molar-refractivity contribution is 7.80. The van der Waals surface area contributed by atoms with Gasteiger partial charge in [-0.15, -0.1) is 0 Å². The third-order valence-electron chi connectivity index (χ3n) is 4.20. The molecule has 0 radical (unpaired) electrons. The van der Waals surface area contributed by atoms with Crippen molar-refractivity contribution in [3.05, 3.63) is 35.4 Å². The molecule has 20 heavy (non-hydrogen) atoms. The molecule has 0 heterocycles. The van der Waals surface area contributed by atoms with Gasteiger partial charge in [-0.2, -0.15) is 0 Å². The summed E-state index contributed by atoms with van der Waals surface area (Å²) >= 11 is 4.91. The first-order chi connectivity index (χ1) is 9.56. The average Bonchev–Trinajstić information content (AvgIpc) is 2.82. The normalized spacial score (nSPS) is 21.6. The second-order valence-corrected chi connectivity index (χ2v) is 6.15. The molecule has 0 aliphatic heterocycles. The van der Waals surface area contributed by atoms with Gasteiger partial charge < -0.3 is 11.1 Å². The Hall–Kier alpha value is -1.42. The van der Waals surface area contributed by atoms with Crippen molar-refractivity contribution in [2.45, 2.75) is 32.6 Å². The SMILES string of the molecule is CC1CCCC1CNC(=O)Cc1ccc(C(N)=S)cc1. The van der Waals surface area contributed by atoms with E-state index in [1.54, 1.807) is 0 Å². The van der Waals surface area contributed by atoms with Gasteiger partial charge >= 0.3 is 0 Å². The number of hydrogen-bond donors (Lipinski definition) is 2. The van der Waals surface area contributed by atoms with Crippen molar-refractivity contribution >= 4 is 23.1 Å². The standard InChI is InChI=1S/C16H22N2OS/c1-11-3-2-4-14(11)10-18-15(19)9-12-5-7-13(8-6-12)16(17)20/h5-8,11,14H,2-4,9-10H2,1H3,(H2,17,20)(H,18,19). The number of carbonyl (C=O) groups excluding carboxylic acids is 1. The third kappa shape index (κ3) is 4.04. The second kappa shape index (κ2) is 6.84. The summed E-state index contributed by atoms with van der Waals surface area (Å²) in [4.78, 5) is 12.3. The van der Waals surface area contributed by atoms with Crippen LogP contribution >= 0.6 is 12.2 Å². The van der Waals surface area contributed by atoms with E-state index in [0.29, 0.717) is 17.3 Å². The Morgan fingerprint density at radius 1 is 1.35 bits per heavy atom. The van der Waals surface area contributed by atoms with E-state index in [2.05, 4.69) is 12.2 Å². The highest BCUT2D eigenvalue weighted by Crippen LogP contribution is 2.30. The molecular weight excluding hydrogens is 268 g/mol. The number of amides is 1. The summed E-state index contributed by atoms with van der Waals surface area (Å²) in [6.45, 7) is 3.09. The first kappa shape index (κ1) is 15.0. The Labute approximate surface area is 125 Å². The molecule has 1 aliphatic rings. The van der Waals surface area contributed by atoms with Crippen molar-refractivity contribution in [3.63, 3.8) is 0 Å². The van der Waals surface area contributed by atoms with Gasteiger partial charge in [-0.3, -0.25) is 4.79 Å². The molecule has 1 amide bonds. The molecule has 0 bridgehead atoms. The zero-order valence-electron chi connectivity index (χ0n) is 11.9. The van der Waals surface area contributed by atoms with Crippen LogP contribution in [0.4, 0.5) is 0 Å². The summed E-state index contributed by atoms with van der Waals surface area (Å²) in [5, 5.41) is 3.05. The van der Waals surface area contributed by atoms with Crippen molar-refractivity contribution in [3.8, 4) is 0 Å². The Bertz CT molecular complexity index is 484. The molecule has 2 rings (SSSR count). The zero-order chi connectivity index (χ0) is 14.5. The van der Waals surface area contributed by atoms with Gasteiger partial charge in [-0.25, -0.2) is 0 Å². The third-order valence-corrected chi connectivity index (χ3v) is 4.44. The minimum absolute atomic E-state index is 0.0900. The minimum atomic E-state index is 0.0900. The Kier molecular flexibility index (Phi) is 5.12. The first-order valence-electron chi connectivity index (χ1n) is 7.21. The highest BCUT2D eigenvalue weighted by Gasteiger charge is 2.23. The molecule has 1 aromatic carbocycles. The number of hydrogen-bond acceptors (Lipinski definition) is 2. The van der Waals surface area contributed by atoms with Crippen LogP contribution in [0.1, 0.15) is 37.3 Å². The molecule has 2 unspecified atom stereocenters. The quantitative estimate of drug-likeness (QED) is 0.819. The number of rotatable bonds is 5. The predicted octanol–water partition coefficient (Wildman–Crippen LogP) is 2.42. The molecule has 0 saturated heterocycles. The van der Waals surface area contributed by atoms with Crippen LogP contribution in [0.25, 0.3) is 0 Å². The van der Waals surface area contributed by atoms with Gasteiger partial charge in [0, 0.05) is 12.1 Å². The fourth-order valence-electron chi connectivity index (χ4n) is 2.81. The smallest absolute Gasteiger partial charge is 0.224 e. The molecule has 3 nitrogen and oxygen atoms in total. The molecule has 1 aromatic rings. The van der Waals surface area contributed by atoms with Crippen LogP contribution in [0.3, 0.4) is 0 Å². The maximum atomic E-state index is 11.9. The number of carbonyl (C=O) groups is 1. The van der Waals surface area contributed by atoms with Crippen molar-refractivity contribution in [1.29, 1.82) is 0 Å². The van der Waals surface area contributed by atoms with Gasteiger partial charge in [0.05, 0.1) is 6.42 Å². The maximum absolute atomic E-state index is 11.9. The number of thiocarbonyl (C=S) groups is 1. The zero-order valence-corrected chi connectivity index (χ0v) is 12.7. The number of nitrogens with two attached hydrogens (primary N) is 1. The fourth-order valence-corrected chi connectivity index (χ4v) is 2.94. The van der Waals surface area contributed by atoms with E-state index in [1.165, 1.54) is 19.3 Å². The summed E-state index contributed by atoms with van der Waals surface area (Å²) in [7, 11) is 0. The van der Waals surface area contributed by atoms with Crippen molar-refractivity contribution in [2.75, 3.05) is 6.54 Å². The molecule has 3 N–H and O–H groups in total. The molecule has 2 atom stereocenters. The van der Waals surface area contributed by atoms with Gasteiger partial charge in [-0.1, -0.05) is 56.2 Å². The summed E-state index contributed by atoms with van der Waals surface area (Å²) in [6.07, 6.45) is 4.24. The Morgan fingerprint density at radius 2 is 2.05 bits per heavy atom. The molecule has 0 aromatic heterocycles. The van der Waals surface area contributed by atoms with E-state index in [0.717, 1.165) is 23.6 Å². The second-order valence-electron chi connectivity index (χ2n) is 5.71. The molecule has 0 spiro atoms. The Morgan fingerprint density at radius 3 is 2.60 bits per heavy atom. The van der Waals surface area contributed by atoms with Gasteiger partial charge in [-0.05, 0) is 23.8 Å². The van der Waals surface area contributed by atoms with Crippen LogP contribution in [0, 0.1) is 11.8 Å². The van der Waals surface area contributed by atoms with Crippen LogP contribution in [-0.4, -0.2) is 17.4 Å². The summed E-state index contributed by atoms with van der Waals surface area (Å²) in [5.41, 5.74) is 7.37. The van der Waals surface area contributed by atoms with Crippen LogP contribution in [0.15, 0.2) is 24.3 Å². The summed E-state index contributed by atoms with van der Waals surface area (Å²) < 4.78 is 0. The summed E-state index contributed by atoms with van der Waals surface area (Å²) in [5.74, 6) is 1.48. The van der Waals surface area contributed by atoms with Crippen LogP contribution in [-0.2, 0) is 11.2 Å². The van der Waals surface area contributed by atoms with Crippen LogP contribution < -0.4 is 11.1 Å². The van der Waals surface area contributed by atoms with Crippen LogP contribution in [0.2, 0.25) is 0 Å². The molecular formula is C16H22N2OS. The van der Waals surface area contributed by atoms with E-state index < -0.39 is 0 Å². The Balaban J connectivity index is 1.80. The molecule has 1 fully saturated rings. The average molecular weight is 290 g/mol. The van der Waals surface area contributed by atoms with Crippen molar-refractivity contribution in [2.24, 2.45) is 17.6 Å². The molecule has 108 valence electrons. The molecule has 4 heteroatoms. The summed E-state index contributed by atoms with van der Waals surface area (Å²) in [6, 6.07) is 7.55.